The Labute approximate surface area is 180 Å². The molecule has 3 fully saturated rings. The Morgan fingerprint density at radius 1 is 1.13 bits per heavy atom. The second-order valence-electron chi connectivity index (χ2n) is 8.46. The van der Waals surface area contributed by atoms with Gasteiger partial charge in [-0.2, -0.15) is 27.5 Å². The van der Waals surface area contributed by atoms with Crippen molar-refractivity contribution in [1.29, 1.82) is 0 Å². The lowest BCUT2D eigenvalue weighted by Gasteiger charge is -2.20. The van der Waals surface area contributed by atoms with Gasteiger partial charge < -0.3 is 10.6 Å². The van der Waals surface area contributed by atoms with E-state index in [1.54, 1.807) is 21.4 Å². The van der Waals surface area contributed by atoms with Crippen LogP contribution in [0.3, 0.4) is 0 Å². The molecule has 0 amide bonds. The number of hydrogen-bond donors (Lipinski definition) is 3. The predicted octanol–water partition coefficient (Wildman–Crippen LogP) is 1.73. The van der Waals surface area contributed by atoms with Crippen LogP contribution in [-0.4, -0.2) is 57.6 Å². The third-order valence-corrected chi connectivity index (χ3v) is 7.88. The molecule has 2 saturated carbocycles. The molecule has 10 nitrogen and oxygen atoms in total. The molecule has 0 bridgehead atoms. The molecule has 2 aliphatic carbocycles. The molecule has 0 radical (unpaired) electrons. The number of nitrogens with zero attached hydrogens (tertiary/aromatic N) is 5. The number of anilines is 3. The lowest BCUT2D eigenvalue weighted by molar-refractivity contribution is 0.430. The summed E-state index contributed by atoms with van der Waals surface area (Å²) in [6.07, 6.45) is 8.79. The van der Waals surface area contributed by atoms with Crippen molar-refractivity contribution in [3.8, 4) is 0 Å². The molecule has 162 valence electrons. The zero-order valence-electron chi connectivity index (χ0n) is 16.6. The summed E-state index contributed by atoms with van der Waals surface area (Å²) in [4.78, 5) is 8.74. The Hall–Kier alpha value is -1.95. The van der Waals surface area contributed by atoms with Crippen molar-refractivity contribution in [2.75, 3.05) is 23.7 Å². The molecule has 5 rings (SSSR count). The van der Waals surface area contributed by atoms with E-state index in [-0.39, 0.29) is 12.1 Å². The summed E-state index contributed by atoms with van der Waals surface area (Å²) in [5.41, 5.74) is 0.794. The molecule has 2 aromatic heterocycles. The summed E-state index contributed by atoms with van der Waals surface area (Å²) in [5, 5.41) is 11.1. The van der Waals surface area contributed by atoms with Gasteiger partial charge in [0.25, 0.3) is 10.2 Å². The van der Waals surface area contributed by atoms with E-state index in [0.29, 0.717) is 41.7 Å². The van der Waals surface area contributed by atoms with Gasteiger partial charge in [0.1, 0.15) is 5.02 Å². The first-order valence-electron chi connectivity index (χ1n) is 10.2. The summed E-state index contributed by atoms with van der Waals surface area (Å²) in [6.45, 7) is 1.16. The second kappa shape index (κ2) is 7.63. The maximum Gasteiger partial charge on any atom is 0.279 e. The Balaban J connectivity index is 1.20. The van der Waals surface area contributed by atoms with E-state index >= 15 is 0 Å². The Morgan fingerprint density at radius 2 is 1.87 bits per heavy atom. The van der Waals surface area contributed by atoms with Crippen molar-refractivity contribution < 1.29 is 8.42 Å². The Kier molecular flexibility index (Phi) is 5.08. The van der Waals surface area contributed by atoms with Crippen LogP contribution in [0.15, 0.2) is 18.6 Å². The van der Waals surface area contributed by atoms with Crippen LogP contribution in [-0.2, 0) is 17.3 Å². The fourth-order valence-electron chi connectivity index (χ4n) is 4.39. The van der Waals surface area contributed by atoms with Crippen LogP contribution in [0.2, 0.25) is 5.02 Å². The van der Waals surface area contributed by atoms with E-state index < -0.39 is 10.2 Å². The Morgan fingerprint density at radius 3 is 2.50 bits per heavy atom. The maximum atomic E-state index is 12.5. The van der Waals surface area contributed by atoms with Gasteiger partial charge in [-0.25, -0.2) is 4.98 Å². The maximum absolute atomic E-state index is 12.5. The van der Waals surface area contributed by atoms with Crippen LogP contribution < -0.4 is 15.4 Å². The largest absolute Gasteiger partial charge is 0.366 e. The van der Waals surface area contributed by atoms with E-state index in [1.165, 1.54) is 0 Å². The highest BCUT2D eigenvalue weighted by Gasteiger charge is 2.45. The average Bonchev–Trinajstić information content (AvgIpc) is 3.06. The SMILES string of the molecule is Cn1cc(Nc2ncc(Cl)c(NC3CC4CN(S(=O)(=O)NC5CC5)CC4C3)n2)cn1. The quantitative estimate of drug-likeness (QED) is 0.585. The number of halogens is 1. The molecule has 30 heavy (non-hydrogen) atoms. The highest BCUT2D eigenvalue weighted by molar-refractivity contribution is 7.87. The minimum absolute atomic E-state index is 0.138. The molecule has 2 unspecified atom stereocenters. The third-order valence-electron chi connectivity index (χ3n) is 6.00. The number of aryl methyl sites for hydroxylation is 1. The molecule has 3 heterocycles. The lowest BCUT2D eigenvalue weighted by atomic mass is 10.0. The van der Waals surface area contributed by atoms with Gasteiger partial charge in [-0.05, 0) is 37.5 Å². The lowest BCUT2D eigenvalue weighted by Crippen LogP contribution is -2.41. The molecule has 2 aromatic rings. The van der Waals surface area contributed by atoms with Crippen molar-refractivity contribution in [2.24, 2.45) is 18.9 Å². The van der Waals surface area contributed by atoms with Gasteiger partial charge in [0.2, 0.25) is 5.95 Å². The number of nitrogens with one attached hydrogen (secondary N) is 3. The zero-order chi connectivity index (χ0) is 20.9. The van der Waals surface area contributed by atoms with Gasteiger partial charge in [-0.15, -0.1) is 0 Å². The van der Waals surface area contributed by atoms with Crippen LogP contribution in [0.5, 0.6) is 0 Å². The predicted molar refractivity (Wildman–Crippen MR) is 114 cm³/mol. The molecule has 2 atom stereocenters. The average molecular weight is 453 g/mol. The normalized spacial score (nSPS) is 26.7. The van der Waals surface area contributed by atoms with Gasteiger partial charge in [-0.3, -0.25) is 4.68 Å². The first kappa shape index (κ1) is 20.0. The van der Waals surface area contributed by atoms with Gasteiger partial charge in [0.05, 0.1) is 18.1 Å². The summed E-state index contributed by atoms with van der Waals surface area (Å²) >= 11 is 6.31. The summed E-state index contributed by atoms with van der Waals surface area (Å²) in [7, 11) is -1.51. The molecule has 3 N–H and O–H groups in total. The van der Waals surface area contributed by atoms with Crippen molar-refractivity contribution >= 4 is 39.3 Å². The second-order valence-corrected chi connectivity index (χ2v) is 10.6. The van der Waals surface area contributed by atoms with Crippen LogP contribution in [0.25, 0.3) is 0 Å². The highest BCUT2D eigenvalue weighted by atomic mass is 35.5. The first-order chi connectivity index (χ1) is 14.4. The van der Waals surface area contributed by atoms with Crippen LogP contribution in [0.1, 0.15) is 25.7 Å². The van der Waals surface area contributed by atoms with Gasteiger partial charge in [0, 0.05) is 38.4 Å². The van der Waals surface area contributed by atoms with Crippen LogP contribution in [0.4, 0.5) is 17.5 Å². The summed E-state index contributed by atoms with van der Waals surface area (Å²) in [5.74, 6) is 1.73. The van der Waals surface area contributed by atoms with E-state index in [2.05, 4.69) is 30.4 Å². The smallest absolute Gasteiger partial charge is 0.279 e. The molecule has 12 heteroatoms. The Bertz CT molecular complexity index is 1030. The highest BCUT2D eigenvalue weighted by Crippen LogP contribution is 2.40. The van der Waals surface area contributed by atoms with Crippen molar-refractivity contribution in [1.82, 2.24) is 28.8 Å². The molecule has 0 aromatic carbocycles. The van der Waals surface area contributed by atoms with Gasteiger partial charge in [-0.1, -0.05) is 11.6 Å². The molecule has 3 aliphatic rings. The van der Waals surface area contributed by atoms with Crippen LogP contribution >= 0.6 is 11.6 Å². The van der Waals surface area contributed by atoms with Crippen LogP contribution in [0, 0.1) is 11.8 Å². The third kappa shape index (κ3) is 4.25. The molecule has 0 spiro atoms. The standard InChI is InChI=1S/C18H25ClN8O2S/c1-26-10-15(6-21-26)23-18-20-7-16(19)17(24-18)22-14-4-11-8-27(9-12(11)5-14)30(28,29)25-13-2-3-13/h6-7,10-14,25H,2-5,8-9H2,1H3,(H2,20,22,23,24). The fraction of sp³-hybridized carbons (Fsp3) is 0.611. The first-order valence-corrected chi connectivity index (χ1v) is 12.0. The van der Waals surface area contributed by atoms with Crippen molar-refractivity contribution in [3.05, 3.63) is 23.6 Å². The van der Waals surface area contributed by atoms with Crippen molar-refractivity contribution in [3.63, 3.8) is 0 Å². The number of aromatic nitrogens is 4. The van der Waals surface area contributed by atoms with Crippen molar-refractivity contribution in [2.45, 2.75) is 37.8 Å². The number of hydrogen-bond acceptors (Lipinski definition) is 7. The fourth-order valence-corrected chi connectivity index (χ4v) is 6.12. The summed E-state index contributed by atoms with van der Waals surface area (Å²) in [6, 6.07) is 0.346. The molecular weight excluding hydrogens is 428 g/mol. The van der Waals surface area contributed by atoms with E-state index in [4.69, 9.17) is 11.6 Å². The number of rotatable bonds is 7. The minimum atomic E-state index is -3.35. The molecular formula is C18H25ClN8O2S. The zero-order valence-corrected chi connectivity index (χ0v) is 18.2. The molecule has 1 saturated heterocycles. The summed E-state index contributed by atoms with van der Waals surface area (Å²) < 4.78 is 31.0. The molecule has 1 aliphatic heterocycles. The minimum Gasteiger partial charge on any atom is -0.366 e. The van der Waals surface area contributed by atoms with Gasteiger partial charge >= 0.3 is 0 Å². The monoisotopic (exact) mass is 452 g/mol. The van der Waals surface area contributed by atoms with Gasteiger partial charge in [0.15, 0.2) is 5.82 Å². The van der Waals surface area contributed by atoms with E-state index in [1.807, 2.05) is 13.2 Å². The topological polar surface area (TPSA) is 117 Å². The van der Waals surface area contributed by atoms with E-state index in [0.717, 1.165) is 31.4 Å². The van der Waals surface area contributed by atoms with E-state index in [9.17, 15) is 8.42 Å². The number of fused-ring (bicyclic) bond motifs is 1.